The smallest absolute Gasteiger partial charge is 0.229 e. The van der Waals surface area contributed by atoms with Crippen LogP contribution in [-0.2, 0) is 14.9 Å². The number of ether oxygens (including phenoxy) is 3. The molecule has 4 saturated heterocycles. The van der Waals surface area contributed by atoms with Gasteiger partial charge in [-0.15, -0.1) is 0 Å². The van der Waals surface area contributed by atoms with E-state index in [0.717, 1.165) is 37.1 Å². The van der Waals surface area contributed by atoms with Gasteiger partial charge in [-0.25, -0.2) is 0 Å². The Morgan fingerprint density at radius 2 is 2.00 bits per heavy atom. The van der Waals surface area contributed by atoms with Crippen molar-refractivity contribution < 1.29 is 29.2 Å². The number of hydrogen-bond donors (Lipinski definition) is 2. The molecule has 0 radical (unpaired) electrons. The number of fused-ring (bicyclic) bond motifs is 2. The van der Waals surface area contributed by atoms with Crippen LogP contribution in [0.3, 0.4) is 0 Å². The van der Waals surface area contributed by atoms with Crippen LogP contribution in [-0.4, -0.2) is 84.8 Å². The number of rotatable bonds is 2. The van der Waals surface area contributed by atoms with E-state index in [0.29, 0.717) is 18.0 Å². The van der Waals surface area contributed by atoms with Crippen molar-refractivity contribution in [1.29, 1.82) is 0 Å². The second-order valence-corrected chi connectivity index (χ2v) is 10.6. The molecule has 5 heterocycles. The van der Waals surface area contributed by atoms with Gasteiger partial charge in [0.25, 0.3) is 0 Å². The largest absolute Gasteiger partial charge is 0.493 e. The SMILES string of the molecule is COc1cc2c(cc1OC)[C@]13CCCN4C[C@]5(O)[C@H](CC41)[C@H]1[C@H](CC(=O)N2[C@@H]13)OC[C@@H]5O. The van der Waals surface area contributed by atoms with Crippen LogP contribution in [0, 0.1) is 11.8 Å². The third kappa shape index (κ3) is 2.02. The maximum Gasteiger partial charge on any atom is 0.229 e. The molecule has 0 aromatic heterocycles. The zero-order valence-corrected chi connectivity index (χ0v) is 18.5. The molecule has 1 unspecified atom stereocenters. The summed E-state index contributed by atoms with van der Waals surface area (Å²) >= 11 is 0. The van der Waals surface area contributed by atoms with Crippen molar-refractivity contribution >= 4 is 11.6 Å². The highest BCUT2D eigenvalue weighted by Crippen LogP contribution is 2.66. The van der Waals surface area contributed by atoms with Crippen molar-refractivity contribution in [3.8, 4) is 11.5 Å². The number of methoxy groups -OCH3 is 2. The summed E-state index contributed by atoms with van der Waals surface area (Å²) in [6.45, 7) is 1.43. The first-order valence-electron chi connectivity index (χ1n) is 11.8. The van der Waals surface area contributed by atoms with Crippen LogP contribution in [0.2, 0.25) is 0 Å². The summed E-state index contributed by atoms with van der Waals surface area (Å²) < 4.78 is 17.5. The lowest BCUT2D eigenvalue weighted by atomic mass is 9.48. The van der Waals surface area contributed by atoms with Gasteiger partial charge in [0.1, 0.15) is 11.7 Å². The first-order chi connectivity index (χ1) is 15.4. The summed E-state index contributed by atoms with van der Waals surface area (Å²) in [6.07, 6.45) is 1.84. The molecule has 8 heteroatoms. The fraction of sp³-hybridized carbons (Fsp3) is 0.708. The van der Waals surface area contributed by atoms with Crippen LogP contribution in [0.15, 0.2) is 12.1 Å². The molecule has 172 valence electrons. The molecule has 2 N–H and O–H groups in total. The van der Waals surface area contributed by atoms with Gasteiger partial charge in [-0.05, 0) is 37.4 Å². The minimum Gasteiger partial charge on any atom is -0.493 e. The van der Waals surface area contributed by atoms with Gasteiger partial charge >= 0.3 is 0 Å². The fourth-order valence-electron chi connectivity index (χ4n) is 8.56. The second kappa shape index (κ2) is 6.17. The Morgan fingerprint density at radius 1 is 1.22 bits per heavy atom. The van der Waals surface area contributed by atoms with E-state index in [-0.39, 0.29) is 54.4 Å². The maximum absolute atomic E-state index is 13.6. The van der Waals surface area contributed by atoms with Gasteiger partial charge in [-0.1, -0.05) is 0 Å². The molecule has 8 nitrogen and oxygen atoms in total. The van der Waals surface area contributed by atoms with Gasteiger partial charge in [-0.2, -0.15) is 0 Å². The highest BCUT2D eigenvalue weighted by molar-refractivity contribution is 5.99. The molecule has 1 amide bonds. The number of benzene rings is 1. The topological polar surface area (TPSA) is 91.7 Å². The standard InChI is InChI=1S/C24H30N2O6/c1-30-15-6-12-14(8-16(15)31-2)26-20(28)9-17-21-13-7-18-23(12,22(21)26)4-3-5-25(18)11-24(13,29)19(27)10-32-17/h6,8,13,17-19,21-22,27,29H,3-5,7,9-11H2,1-2H3/t13-,17+,18?,19+,21+,22+,23-,24+/m1/s1. The summed E-state index contributed by atoms with van der Waals surface area (Å²) in [5, 5.41) is 22.8. The third-order valence-electron chi connectivity index (χ3n) is 9.66. The van der Waals surface area contributed by atoms with Crippen LogP contribution in [0.1, 0.15) is 31.2 Å². The van der Waals surface area contributed by atoms with E-state index in [2.05, 4.69) is 11.0 Å². The first-order valence-corrected chi connectivity index (χ1v) is 11.8. The van der Waals surface area contributed by atoms with Crippen molar-refractivity contribution in [1.82, 2.24) is 4.90 Å². The molecule has 6 aliphatic rings. The Hall–Kier alpha value is -1.87. The molecule has 7 rings (SSSR count). The molecule has 32 heavy (non-hydrogen) atoms. The molecule has 5 fully saturated rings. The van der Waals surface area contributed by atoms with Crippen molar-refractivity contribution in [3.63, 3.8) is 0 Å². The maximum atomic E-state index is 13.6. The van der Waals surface area contributed by atoms with Crippen molar-refractivity contribution in [2.45, 2.75) is 61.0 Å². The van der Waals surface area contributed by atoms with Gasteiger partial charge in [0, 0.05) is 35.9 Å². The second-order valence-electron chi connectivity index (χ2n) is 10.6. The van der Waals surface area contributed by atoms with Gasteiger partial charge in [0.05, 0.1) is 45.1 Å². The number of carbonyl (C=O) groups excluding carboxylic acids is 1. The summed E-state index contributed by atoms with van der Waals surface area (Å²) in [4.78, 5) is 18.0. The zero-order chi connectivity index (χ0) is 22.0. The average Bonchev–Trinajstić information content (AvgIpc) is 3.02. The van der Waals surface area contributed by atoms with E-state index in [9.17, 15) is 15.0 Å². The number of amides is 1. The molecular weight excluding hydrogens is 412 g/mol. The van der Waals surface area contributed by atoms with Crippen LogP contribution < -0.4 is 14.4 Å². The Labute approximate surface area is 187 Å². The Balaban J connectivity index is 1.51. The van der Waals surface area contributed by atoms with E-state index < -0.39 is 11.7 Å². The highest BCUT2D eigenvalue weighted by Gasteiger charge is 2.73. The molecular formula is C24H30N2O6. The number of nitrogens with zero attached hydrogens (tertiary/aromatic N) is 2. The molecule has 1 aromatic rings. The fourth-order valence-corrected chi connectivity index (χ4v) is 8.56. The number of hydrogen-bond acceptors (Lipinski definition) is 7. The summed E-state index contributed by atoms with van der Waals surface area (Å²) in [5.74, 6) is 1.24. The molecule has 1 aliphatic carbocycles. The van der Waals surface area contributed by atoms with Crippen molar-refractivity contribution in [3.05, 3.63) is 17.7 Å². The summed E-state index contributed by atoms with van der Waals surface area (Å²) in [6, 6.07) is 4.16. The normalized spacial score (nSPS) is 45.9. The van der Waals surface area contributed by atoms with Crippen LogP contribution in [0.5, 0.6) is 11.5 Å². The highest BCUT2D eigenvalue weighted by atomic mass is 16.5. The van der Waals surface area contributed by atoms with Gasteiger partial charge < -0.3 is 29.3 Å². The summed E-state index contributed by atoms with van der Waals surface area (Å²) in [7, 11) is 3.27. The molecule has 1 saturated carbocycles. The van der Waals surface area contributed by atoms with Gasteiger partial charge in [-0.3, -0.25) is 9.69 Å². The van der Waals surface area contributed by atoms with Crippen molar-refractivity contribution in [2.75, 3.05) is 38.8 Å². The molecule has 1 spiro atoms. The quantitative estimate of drug-likeness (QED) is 0.696. The summed E-state index contributed by atoms with van der Waals surface area (Å²) in [5.41, 5.74) is 0.634. The lowest BCUT2D eigenvalue weighted by Gasteiger charge is -2.67. The minimum atomic E-state index is -1.21. The van der Waals surface area contributed by atoms with Crippen LogP contribution >= 0.6 is 0 Å². The van der Waals surface area contributed by atoms with E-state index >= 15 is 0 Å². The Morgan fingerprint density at radius 3 is 2.78 bits per heavy atom. The predicted octanol–water partition coefficient (Wildman–Crippen LogP) is 0.665. The molecule has 2 bridgehead atoms. The van der Waals surface area contributed by atoms with E-state index in [1.54, 1.807) is 14.2 Å². The van der Waals surface area contributed by atoms with E-state index in [1.807, 2.05) is 11.0 Å². The number of piperidine rings is 3. The predicted molar refractivity (Wildman–Crippen MR) is 114 cm³/mol. The van der Waals surface area contributed by atoms with Gasteiger partial charge in [0.15, 0.2) is 11.5 Å². The molecule has 5 aliphatic heterocycles. The number of carbonyl (C=O) groups is 1. The first kappa shape index (κ1) is 19.6. The monoisotopic (exact) mass is 442 g/mol. The number of aliphatic hydroxyl groups excluding tert-OH is 1. The van der Waals surface area contributed by atoms with Crippen molar-refractivity contribution in [2.24, 2.45) is 11.8 Å². The molecule has 1 aromatic carbocycles. The van der Waals surface area contributed by atoms with Gasteiger partial charge in [0.2, 0.25) is 5.91 Å². The number of aliphatic hydroxyl groups is 2. The van der Waals surface area contributed by atoms with E-state index in [4.69, 9.17) is 14.2 Å². The van der Waals surface area contributed by atoms with Crippen LogP contribution in [0.4, 0.5) is 5.69 Å². The minimum absolute atomic E-state index is 0.0178. The lowest BCUT2D eigenvalue weighted by molar-refractivity contribution is -0.207. The zero-order valence-electron chi connectivity index (χ0n) is 18.5. The Bertz CT molecular complexity index is 1020. The van der Waals surface area contributed by atoms with E-state index in [1.165, 1.54) is 0 Å². The lowest BCUT2D eigenvalue weighted by Crippen LogP contribution is -2.78. The number of anilines is 1. The average molecular weight is 443 g/mol. The third-order valence-corrected chi connectivity index (χ3v) is 9.66. The van der Waals surface area contributed by atoms with Crippen LogP contribution in [0.25, 0.3) is 0 Å². The molecule has 8 atom stereocenters. The Kier molecular flexibility index (Phi) is 3.78.